The van der Waals surface area contributed by atoms with Crippen molar-refractivity contribution in [2.75, 3.05) is 11.1 Å². The number of allylic oxidation sites excluding steroid dienone is 1. The Morgan fingerprint density at radius 1 is 1.03 bits per heavy atom. The van der Waals surface area contributed by atoms with Gasteiger partial charge in [-0.15, -0.1) is 16.8 Å². The third-order valence-corrected chi connectivity index (χ3v) is 9.09. The van der Waals surface area contributed by atoms with Crippen molar-refractivity contribution in [3.63, 3.8) is 0 Å². The first-order valence-corrected chi connectivity index (χ1v) is 13.6. The minimum atomic E-state index is -0.0452. The van der Waals surface area contributed by atoms with Gasteiger partial charge in [0.25, 0.3) is 0 Å². The second-order valence-corrected chi connectivity index (χ2v) is 11.5. The quantitative estimate of drug-likeness (QED) is 0.326. The van der Waals surface area contributed by atoms with E-state index in [1.807, 2.05) is 22.8 Å². The molecule has 35 heavy (non-hydrogen) atoms. The molecule has 4 aliphatic rings. The lowest BCUT2D eigenvalue weighted by Crippen LogP contribution is -2.48. The van der Waals surface area contributed by atoms with Crippen molar-refractivity contribution in [3.8, 4) is 11.4 Å². The number of hydrogen-bond donors (Lipinski definition) is 1. The van der Waals surface area contributed by atoms with Gasteiger partial charge in [-0.3, -0.25) is 14.3 Å². The Morgan fingerprint density at radius 3 is 2.31 bits per heavy atom. The summed E-state index contributed by atoms with van der Waals surface area (Å²) in [7, 11) is 0. The van der Waals surface area contributed by atoms with Gasteiger partial charge in [-0.25, -0.2) is 0 Å². The molecule has 4 saturated carbocycles. The van der Waals surface area contributed by atoms with Crippen LogP contribution in [0.2, 0.25) is 0 Å². The number of aromatic nitrogens is 4. The predicted molar refractivity (Wildman–Crippen MR) is 139 cm³/mol. The maximum absolute atomic E-state index is 12.7. The van der Waals surface area contributed by atoms with Crippen molar-refractivity contribution in [1.29, 1.82) is 0 Å². The minimum absolute atomic E-state index is 0.0452. The molecular formula is C28H31N5OS. The van der Waals surface area contributed by atoms with Gasteiger partial charge in [-0.2, -0.15) is 0 Å². The van der Waals surface area contributed by atoms with E-state index in [1.54, 1.807) is 12.4 Å². The molecule has 0 unspecified atom stereocenters. The number of pyridine rings is 1. The Balaban J connectivity index is 1.10. The van der Waals surface area contributed by atoms with Crippen LogP contribution in [-0.2, 0) is 16.8 Å². The lowest BCUT2D eigenvalue weighted by atomic mass is 9.48. The number of carbonyl (C=O) groups excluding carboxylic acids is 1. The number of rotatable bonds is 8. The summed E-state index contributed by atoms with van der Waals surface area (Å²) in [6.45, 7) is 4.42. The highest BCUT2D eigenvalue weighted by Gasteiger charge is 2.51. The number of anilines is 1. The summed E-state index contributed by atoms with van der Waals surface area (Å²) < 4.78 is 1.97. The number of carbonyl (C=O) groups is 1. The van der Waals surface area contributed by atoms with Gasteiger partial charge in [0, 0.05) is 30.2 Å². The third-order valence-electron chi connectivity index (χ3n) is 8.12. The highest BCUT2D eigenvalue weighted by molar-refractivity contribution is 7.99. The van der Waals surface area contributed by atoms with Crippen LogP contribution >= 0.6 is 11.8 Å². The molecular weight excluding hydrogens is 454 g/mol. The van der Waals surface area contributed by atoms with Gasteiger partial charge in [0.05, 0.1) is 5.75 Å². The van der Waals surface area contributed by atoms with Crippen LogP contribution in [0.3, 0.4) is 0 Å². The topological polar surface area (TPSA) is 72.7 Å². The number of thioether (sulfide) groups is 1. The summed E-state index contributed by atoms with van der Waals surface area (Å²) in [6, 6.07) is 12.5. The van der Waals surface area contributed by atoms with E-state index in [-0.39, 0.29) is 11.7 Å². The summed E-state index contributed by atoms with van der Waals surface area (Å²) in [4.78, 5) is 16.8. The van der Waals surface area contributed by atoms with Crippen molar-refractivity contribution in [2.24, 2.45) is 17.8 Å². The number of amides is 1. The maximum Gasteiger partial charge on any atom is 0.234 e. The smallest absolute Gasteiger partial charge is 0.234 e. The molecule has 0 saturated heterocycles. The highest BCUT2D eigenvalue weighted by Crippen LogP contribution is 2.60. The summed E-state index contributed by atoms with van der Waals surface area (Å²) in [6.07, 6.45) is 13.7. The lowest BCUT2D eigenvalue weighted by Gasteiger charge is -2.57. The van der Waals surface area contributed by atoms with Gasteiger partial charge in [-0.05, 0) is 91.5 Å². The molecule has 4 bridgehead atoms. The van der Waals surface area contributed by atoms with Gasteiger partial charge in [-0.1, -0.05) is 30.0 Å². The zero-order valence-corrected chi connectivity index (χ0v) is 20.7. The summed E-state index contributed by atoms with van der Waals surface area (Å²) in [5.74, 6) is 3.76. The third kappa shape index (κ3) is 4.42. The standard InChI is InChI=1S/C28H31N5OS/c1-2-11-33-26(22-7-9-29-10-8-22)31-32-27(33)35-18-25(34)30-24-5-3-23(4-6-24)28-15-19-12-20(16-28)14-21(13-19)17-28/h2-10,19-21H,1,11-18H2,(H,30,34). The van der Waals surface area contributed by atoms with Crippen LogP contribution in [0.4, 0.5) is 5.69 Å². The van der Waals surface area contributed by atoms with E-state index >= 15 is 0 Å². The molecule has 3 aromatic rings. The number of nitrogens with one attached hydrogen (secondary N) is 1. The molecule has 4 fully saturated rings. The van der Waals surface area contributed by atoms with Crippen LogP contribution in [0.15, 0.2) is 66.6 Å². The number of benzene rings is 1. The van der Waals surface area contributed by atoms with Crippen molar-refractivity contribution in [3.05, 3.63) is 67.0 Å². The van der Waals surface area contributed by atoms with E-state index in [0.717, 1.165) is 34.8 Å². The zero-order chi connectivity index (χ0) is 23.8. The van der Waals surface area contributed by atoms with Crippen molar-refractivity contribution in [2.45, 2.75) is 55.6 Å². The Morgan fingerprint density at radius 2 is 1.69 bits per heavy atom. The molecule has 1 N–H and O–H groups in total. The summed E-state index contributed by atoms with van der Waals surface area (Å²) in [5.41, 5.74) is 3.65. The van der Waals surface area contributed by atoms with Crippen LogP contribution in [0, 0.1) is 17.8 Å². The molecule has 180 valence electrons. The molecule has 1 amide bonds. The Bertz CT molecular complexity index is 1180. The second-order valence-electron chi connectivity index (χ2n) is 10.6. The number of hydrogen-bond acceptors (Lipinski definition) is 5. The van der Waals surface area contributed by atoms with Crippen LogP contribution < -0.4 is 5.32 Å². The van der Waals surface area contributed by atoms with Crippen LogP contribution in [-0.4, -0.2) is 31.4 Å². The first-order valence-electron chi connectivity index (χ1n) is 12.6. The molecule has 1 aromatic carbocycles. The molecule has 2 aromatic heterocycles. The monoisotopic (exact) mass is 485 g/mol. The van der Waals surface area contributed by atoms with Gasteiger partial charge < -0.3 is 5.32 Å². The van der Waals surface area contributed by atoms with Gasteiger partial charge in [0.2, 0.25) is 5.91 Å². The maximum atomic E-state index is 12.7. The van der Waals surface area contributed by atoms with Crippen LogP contribution in [0.5, 0.6) is 0 Å². The van der Waals surface area contributed by atoms with E-state index in [2.05, 4.69) is 51.3 Å². The zero-order valence-electron chi connectivity index (χ0n) is 19.9. The Kier molecular flexibility index (Phi) is 5.96. The average molecular weight is 486 g/mol. The second kappa shape index (κ2) is 9.26. The number of nitrogens with zero attached hydrogens (tertiary/aromatic N) is 4. The average Bonchev–Trinajstić information content (AvgIpc) is 3.26. The fraction of sp³-hybridized carbons (Fsp3) is 0.429. The van der Waals surface area contributed by atoms with Crippen LogP contribution in [0.25, 0.3) is 11.4 Å². The highest BCUT2D eigenvalue weighted by atomic mass is 32.2. The van der Waals surface area contributed by atoms with Crippen LogP contribution in [0.1, 0.15) is 44.1 Å². The lowest BCUT2D eigenvalue weighted by molar-refractivity contribution is -0.113. The first-order chi connectivity index (χ1) is 17.1. The molecule has 6 nitrogen and oxygen atoms in total. The van der Waals surface area contributed by atoms with Gasteiger partial charge >= 0.3 is 0 Å². The van der Waals surface area contributed by atoms with E-state index in [1.165, 1.54) is 55.9 Å². The van der Waals surface area contributed by atoms with E-state index in [4.69, 9.17) is 0 Å². The van der Waals surface area contributed by atoms with Crippen molar-refractivity contribution < 1.29 is 4.79 Å². The fourth-order valence-corrected chi connectivity index (χ4v) is 7.85. The van der Waals surface area contributed by atoms with E-state index in [0.29, 0.717) is 17.1 Å². The fourth-order valence-electron chi connectivity index (χ4n) is 7.10. The molecule has 4 aliphatic carbocycles. The van der Waals surface area contributed by atoms with Gasteiger partial charge in [0.1, 0.15) is 0 Å². The largest absolute Gasteiger partial charge is 0.325 e. The van der Waals surface area contributed by atoms with Gasteiger partial charge in [0.15, 0.2) is 11.0 Å². The van der Waals surface area contributed by atoms with E-state index < -0.39 is 0 Å². The Labute approximate surface area is 210 Å². The molecule has 7 rings (SSSR count). The first kappa shape index (κ1) is 22.5. The molecule has 0 atom stereocenters. The molecule has 2 heterocycles. The summed E-state index contributed by atoms with van der Waals surface area (Å²) in [5, 5.41) is 12.4. The predicted octanol–water partition coefficient (Wildman–Crippen LogP) is 5.72. The van der Waals surface area contributed by atoms with Crippen molar-refractivity contribution >= 4 is 23.4 Å². The Hall–Kier alpha value is -2.93. The molecule has 0 spiro atoms. The summed E-state index contributed by atoms with van der Waals surface area (Å²) >= 11 is 1.39. The minimum Gasteiger partial charge on any atom is -0.325 e. The normalized spacial score (nSPS) is 26.6. The molecule has 0 radical (unpaired) electrons. The molecule has 7 heteroatoms. The molecule has 0 aliphatic heterocycles. The van der Waals surface area contributed by atoms with E-state index in [9.17, 15) is 4.79 Å². The van der Waals surface area contributed by atoms with Crippen molar-refractivity contribution in [1.82, 2.24) is 19.7 Å². The SMILES string of the molecule is C=CCn1c(SCC(=O)Nc2ccc(C34CC5CC(CC(C5)C3)C4)cc2)nnc1-c1ccncc1.